The number of likely N-dealkylation sites (tertiary alicyclic amines) is 1. The Hall–Kier alpha value is -2.88. The van der Waals surface area contributed by atoms with Gasteiger partial charge in [0.25, 0.3) is 0 Å². The fourth-order valence-corrected chi connectivity index (χ4v) is 4.40. The van der Waals surface area contributed by atoms with E-state index in [1.165, 1.54) is 5.56 Å². The van der Waals surface area contributed by atoms with Crippen LogP contribution in [0.15, 0.2) is 42.7 Å². The third-order valence-electron chi connectivity index (χ3n) is 6.30. The topological polar surface area (TPSA) is 64.6 Å². The van der Waals surface area contributed by atoms with Crippen LogP contribution in [0.2, 0.25) is 0 Å². The molecule has 0 aliphatic carbocycles. The van der Waals surface area contributed by atoms with Crippen molar-refractivity contribution in [1.29, 1.82) is 0 Å². The molecule has 178 valence electrons. The van der Waals surface area contributed by atoms with Gasteiger partial charge in [0, 0.05) is 63.7 Å². The molecule has 1 aromatic heterocycles. The van der Waals surface area contributed by atoms with E-state index in [-0.39, 0.29) is 24.1 Å². The molecule has 4 rings (SSSR count). The van der Waals surface area contributed by atoms with E-state index in [4.69, 9.17) is 0 Å². The van der Waals surface area contributed by atoms with Gasteiger partial charge in [-0.1, -0.05) is 30.3 Å². The molecule has 0 unspecified atom stereocenters. The van der Waals surface area contributed by atoms with Crippen LogP contribution in [-0.4, -0.2) is 70.6 Å². The summed E-state index contributed by atoms with van der Waals surface area (Å²) < 4.78 is 38.2. The van der Waals surface area contributed by atoms with Crippen LogP contribution < -0.4 is 10.2 Å². The molecule has 2 aliphatic heterocycles. The molecule has 2 aliphatic rings. The second-order valence-electron chi connectivity index (χ2n) is 8.74. The molecule has 2 saturated heterocycles. The molecule has 1 N–H and O–H groups in total. The first-order valence-electron chi connectivity index (χ1n) is 11.3. The first-order chi connectivity index (χ1) is 15.8. The minimum Gasteiger partial charge on any atom is -0.335 e. The Morgan fingerprint density at radius 3 is 2.33 bits per heavy atom. The molecule has 2 fully saturated rings. The lowest BCUT2D eigenvalue weighted by molar-refractivity contribution is -0.138. The molecule has 2 amide bonds. The van der Waals surface area contributed by atoms with Crippen LogP contribution in [-0.2, 0) is 12.7 Å². The van der Waals surface area contributed by atoms with Gasteiger partial charge in [-0.25, -0.2) is 14.8 Å². The summed E-state index contributed by atoms with van der Waals surface area (Å²) in [4.78, 5) is 26.6. The summed E-state index contributed by atoms with van der Waals surface area (Å²) in [5.41, 5.74) is 0.426. The van der Waals surface area contributed by atoms with Gasteiger partial charge in [0.2, 0.25) is 5.95 Å². The number of hydrogen-bond donors (Lipinski definition) is 1. The summed E-state index contributed by atoms with van der Waals surface area (Å²) in [7, 11) is 0. The van der Waals surface area contributed by atoms with Gasteiger partial charge < -0.3 is 15.1 Å². The maximum atomic E-state index is 12.8. The highest BCUT2D eigenvalue weighted by molar-refractivity contribution is 5.75. The lowest BCUT2D eigenvalue weighted by atomic mass is 10.0. The quantitative estimate of drug-likeness (QED) is 0.755. The fraction of sp³-hybridized carbons (Fsp3) is 0.522. The van der Waals surface area contributed by atoms with E-state index in [0.29, 0.717) is 19.6 Å². The molecule has 0 saturated carbocycles. The second kappa shape index (κ2) is 9.94. The zero-order valence-electron chi connectivity index (χ0n) is 18.6. The average molecular weight is 463 g/mol. The van der Waals surface area contributed by atoms with Crippen molar-refractivity contribution in [2.45, 2.75) is 44.6 Å². The van der Waals surface area contributed by atoms with Gasteiger partial charge in [0.05, 0.1) is 5.56 Å². The Balaban J connectivity index is 1.24. The first kappa shape index (κ1) is 23.3. The minimum atomic E-state index is -4.46. The largest absolute Gasteiger partial charge is 0.419 e. The Morgan fingerprint density at radius 2 is 1.73 bits per heavy atom. The van der Waals surface area contributed by atoms with Gasteiger partial charge in [-0.15, -0.1) is 0 Å². The normalized spacial score (nSPS) is 20.7. The predicted molar refractivity (Wildman–Crippen MR) is 119 cm³/mol. The fourth-order valence-electron chi connectivity index (χ4n) is 4.40. The van der Waals surface area contributed by atoms with E-state index in [0.717, 1.165) is 44.9 Å². The lowest BCUT2D eigenvalue weighted by Crippen LogP contribution is -2.58. The molecule has 2 aromatic rings. The third-order valence-corrected chi connectivity index (χ3v) is 6.30. The molecule has 33 heavy (non-hydrogen) atoms. The predicted octanol–water partition coefficient (Wildman–Crippen LogP) is 3.38. The summed E-state index contributed by atoms with van der Waals surface area (Å²) in [6, 6.07) is 10.3. The molecular weight excluding hydrogens is 433 g/mol. The highest BCUT2D eigenvalue weighted by Crippen LogP contribution is 2.28. The number of nitrogens with one attached hydrogen (secondary N) is 1. The number of halogens is 3. The van der Waals surface area contributed by atoms with Gasteiger partial charge in [-0.3, -0.25) is 4.90 Å². The first-order valence-corrected chi connectivity index (χ1v) is 11.3. The number of carbonyl (C=O) groups is 1. The highest BCUT2D eigenvalue weighted by atomic mass is 19.4. The average Bonchev–Trinajstić information content (AvgIpc) is 2.80. The smallest absolute Gasteiger partial charge is 0.335 e. The van der Waals surface area contributed by atoms with Crippen LogP contribution in [0, 0.1) is 0 Å². The monoisotopic (exact) mass is 462 g/mol. The van der Waals surface area contributed by atoms with E-state index in [2.05, 4.69) is 32.3 Å². The number of anilines is 1. The second-order valence-corrected chi connectivity index (χ2v) is 8.74. The Kier molecular flexibility index (Phi) is 7.02. The van der Waals surface area contributed by atoms with Crippen molar-refractivity contribution in [2.75, 3.05) is 37.6 Å². The number of amides is 2. The number of rotatable bonds is 4. The Bertz CT molecular complexity index is 916. The van der Waals surface area contributed by atoms with Crippen LogP contribution in [0.1, 0.15) is 30.9 Å². The molecule has 0 radical (unpaired) electrons. The number of hydrogen-bond acceptors (Lipinski definition) is 5. The SMILES string of the molecule is C[C@H]1CN(C(=O)NC2CCN(Cc3ccccc3)CC2)CCN1c1ncc(C(F)(F)F)cn1. The lowest BCUT2D eigenvalue weighted by Gasteiger charge is -2.40. The summed E-state index contributed by atoms with van der Waals surface area (Å²) in [5, 5.41) is 3.16. The van der Waals surface area contributed by atoms with Crippen molar-refractivity contribution in [1.82, 2.24) is 25.1 Å². The maximum absolute atomic E-state index is 12.8. The summed E-state index contributed by atoms with van der Waals surface area (Å²) in [6.45, 7) is 6.12. The molecular formula is C23H29F3N6O. The van der Waals surface area contributed by atoms with Crippen molar-refractivity contribution in [3.63, 3.8) is 0 Å². The standard InChI is InChI=1S/C23H29F3N6O/c1-17-15-31(11-12-32(17)21-27-13-19(14-28-21)23(24,25)26)22(33)29-20-7-9-30(10-8-20)16-18-5-3-2-4-6-18/h2-6,13-14,17,20H,7-12,15-16H2,1H3,(H,29,33)/t17-/m0/s1. The van der Waals surface area contributed by atoms with Gasteiger partial charge in [0.15, 0.2) is 0 Å². The number of aromatic nitrogens is 2. The van der Waals surface area contributed by atoms with Gasteiger partial charge >= 0.3 is 12.2 Å². The number of alkyl halides is 3. The zero-order chi connectivity index (χ0) is 23.4. The van der Waals surface area contributed by atoms with E-state index in [9.17, 15) is 18.0 Å². The van der Waals surface area contributed by atoms with Crippen molar-refractivity contribution < 1.29 is 18.0 Å². The van der Waals surface area contributed by atoms with Gasteiger partial charge in [-0.05, 0) is 25.3 Å². The zero-order valence-corrected chi connectivity index (χ0v) is 18.6. The Morgan fingerprint density at radius 1 is 1.06 bits per heavy atom. The molecule has 10 heteroatoms. The van der Waals surface area contributed by atoms with E-state index in [1.54, 1.807) is 4.90 Å². The van der Waals surface area contributed by atoms with Crippen LogP contribution in [0.25, 0.3) is 0 Å². The third kappa shape index (κ3) is 5.93. The van der Waals surface area contributed by atoms with E-state index in [1.807, 2.05) is 30.0 Å². The number of benzene rings is 1. The van der Waals surface area contributed by atoms with E-state index < -0.39 is 11.7 Å². The molecule has 7 nitrogen and oxygen atoms in total. The van der Waals surface area contributed by atoms with Crippen LogP contribution >= 0.6 is 0 Å². The van der Waals surface area contributed by atoms with E-state index >= 15 is 0 Å². The molecule has 0 spiro atoms. The van der Waals surface area contributed by atoms with Crippen LogP contribution in [0.3, 0.4) is 0 Å². The van der Waals surface area contributed by atoms with Crippen molar-refractivity contribution >= 4 is 12.0 Å². The summed E-state index contributed by atoms with van der Waals surface area (Å²) >= 11 is 0. The number of carbonyl (C=O) groups excluding carboxylic acids is 1. The number of piperidine rings is 1. The summed E-state index contributed by atoms with van der Waals surface area (Å²) in [6.07, 6.45) is -1.03. The van der Waals surface area contributed by atoms with Crippen molar-refractivity contribution in [2.24, 2.45) is 0 Å². The molecule has 1 atom stereocenters. The number of piperazine rings is 1. The maximum Gasteiger partial charge on any atom is 0.419 e. The van der Waals surface area contributed by atoms with Crippen molar-refractivity contribution in [3.05, 3.63) is 53.9 Å². The minimum absolute atomic E-state index is 0.0867. The molecule has 1 aromatic carbocycles. The number of nitrogens with zero attached hydrogens (tertiary/aromatic N) is 5. The molecule has 0 bridgehead atoms. The van der Waals surface area contributed by atoms with Crippen LogP contribution in [0.5, 0.6) is 0 Å². The van der Waals surface area contributed by atoms with Gasteiger partial charge in [-0.2, -0.15) is 13.2 Å². The van der Waals surface area contributed by atoms with Crippen molar-refractivity contribution in [3.8, 4) is 0 Å². The van der Waals surface area contributed by atoms with Gasteiger partial charge in [0.1, 0.15) is 0 Å². The van der Waals surface area contributed by atoms with Crippen LogP contribution in [0.4, 0.5) is 23.9 Å². The highest BCUT2D eigenvalue weighted by Gasteiger charge is 2.33. The summed E-state index contributed by atoms with van der Waals surface area (Å²) in [5.74, 6) is 0.251. The number of urea groups is 1. The Labute approximate surface area is 191 Å². The molecule has 3 heterocycles.